The zero-order valence-corrected chi connectivity index (χ0v) is 11.8. The summed E-state index contributed by atoms with van der Waals surface area (Å²) < 4.78 is 0. The lowest BCUT2D eigenvalue weighted by Crippen LogP contribution is -2.20. The molecule has 0 aromatic heterocycles. The number of nitrogens with one attached hydrogen (secondary N) is 1. The van der Waals surface area contributed by atoms with Gasteiger partial charge in [-0.05, 0) is 37.1 Å². The fraction of sp³-hybridized carbons (Fsp3) is 0.625. The standard InChI is InChI=1S/C16H26N2/c1-18(2)16-12-10-15(11-13-16)17-14-8-6-4-3-5-7-9-14/h10-14,17H,3-9H2,1-2H3. The molecule has 1 aliphatic carbocycles. The molecular weight excluding hydrogens is 220 g/mol. The Hall–Kier alpha value is -1.18. The van der Waals surface area contributed by atoms with Crippen LogP contribution in [0.2, 0.25) is 0 Å². The molecule has 0 bridgehead atoms. The summed E-state index contributed by atoms with van der Waals surface area (Å²) >= 11 is 0. The van der Waals surface area contributed by atoms with Crippen molar-refractivity contribution in [3.05, 3.63) is 24.3 Å². The van der Waals surface area contributed by atoms with Crippen LogP contribution in [0.25, 0.3) is 0 Å². The first-order valence-corrected chi connectivity index (χ1v) is 7.29. The lowest BCUT2D eigenvalue weighted by molar-refractivity contribution is 0.471. The highest BCUT2D eigenvalue weighted by atomic mass is 15.1. The minimum absolute atomic E-state index is 0.676. The van der Waals surface area contributed by atoms with Gasteiger partial charge in [-0.25, -0.2) is 0 Å². The smallest absolute Gasteiger partial charge is 0.0362 e. The van der Waals surface area contributed by atoms with Crippen molar-refractivity contribution in [1.29, 1.82) is 0 Å². The molecule has 0 atom stereocenters. The van der Waals surface area contributed by atoms with Crippen molar-refractivity contribution in [2.75, 3.05) is 24.3 Å². The molecule has 0 unspecified atom stereocenters. The van der Waals surface area contributed by atoms with Crippen LogP contribution in [0.4, 0.5) is 11.4 Å². The number of nitrogens with zero attached hydrogens (tertiary/aromatic N) is 1. The first-order chi connectivity index (χ1) is 8.75. The Labute approximate surface area is 111 Å². The van der Waals surface area contributed by atoms with Crippen LogP contribution in [-0.2, 0) is 0 Å². The van der Waals surface area contributed by atoms with Crippen LogP contribution in [0.1, 0.15) is 44.9 Å². The van der Waals surface area contributed by atoms with E-state index in [-0.39, 0.29) is 0 Å². The van der Waals surface area contributed by atoms with Gasteiger partial charge in [-0.2, -0.15) is 0 Å². The zero-order valence-electron chi connectivity index (χ0n) is 11.8. The van der Waals surface area contributed by atoms with E-state index in [2.05, 4.69) is 48.6 Å². The fourth-order valence-electron chi connectivity index (χ4n) is 2.69. The van der Waals surface area contributed by atoms with Crippen molar-refractivity contribution in [2.24, 2.45) is 0 Å². The second-order valence-electron chi connectivity index (χ2n) is 5.63. The predicted molar refractivity (Wildman–Crippen MR) is 80.5 cm³/mol. The van der Waals surface area contributed by atoms with Crippen molar-refractivity contribution in [1.82, 2.24) is 0 Å². The average Bonchev–Trinajstić information content (AvgIpc) is 2.33. The maximum absolute atomic E-state index is 3.70. The maximum atomic E-state index is 3.70. The first kappa shape index (κ1) is 13.3. The first-order valence-electron chi connectivity index (χ1n) is 7.29. The molecule has 0 heterocycles. The highest BCUT2D eigenvalue weighted by molar-refractivity contribution is 5.54. The molecule has 18 heavy (non-hydrogen) atoms. The summed E-state index contributed by atoms with van der Waals surface area (Å²) in [5.74, 6) is 0. The summed E-state index contributed by atoms with van der Waals surface area (Å²) in [4.78, 5) is 2.14. The van der Waals surface area contributed by atoms with Crippen LogP contribution in [0.15, 0.2) is 24.3 Å². The molecule has 1 aromatic carbocycles. The molecule has 1 N–H and O–H groups in total. The van der Waals surface area contributed by atoms with E-state index in [1.54, 1.807) is 0 Å². The van der Waals surface area contributed by atoms with Crippen molar-refractivity contribution < 1.29 is 0 Å². The van der Waals surface area contributed by atoms with Gasteiger partial charge in [0.05, 0.1) is 0 Å². The van der Waals surface area contributed by atoms with Crippen molar-refractivity contribution in [3.63, 3.8) is 0 Å². The number of rotatable bonds is 3. The summed E-state index contributed by atoms with van der Waals surface area (Å²) in [6.45, 7) is 0. The Morgan fingerprint density at radius 1 is 0.889 bits per heavy atom. The Balaban J connectivity index is 1.90. The Morgan fingerprint density at radius 2 is 1.44 bits per heavy atom. The molecular formula is C16H26N2. The molecule has 1 fully saturated rings. The summed E-state index contributed by atoms with van der Waals surface area (Å²) in [5.41, 5.74) is 2.53. The molecule has 2 heteroatoms. The highest BCUT2D eigenvalue weighted by Crippen LogP contribution is 2.22. The molecule has 1 aliphatic rings. The molecule has 0 aliphatic heterocycles. The monoisotopic (exact) mass is 246 g/mol. The summed E-state index contributed by atoms with van der Waals surface area (Å²) in [6.07, 6.45) is 9.69. The predicted octanol–water partition coefficient (Wildman–Crippen LogP) is 4.28. The second kappa shape index (κ2) is 6.67. The SMILES string of the molecule is CN(C)c1ccc(NC2CCCCCCC2)cc1. The number of benzene rings is 1. The molecule has 0 radical (unpaired) electrons. The Kier molecular flexibility index (Phi) is 4.91. The quantitative estimate of drug-likeness (QED) is 0.856. The third kappa shape index (κ3) is 3.94. The lowest BCUT2D eigenvalue weighted by atomic mass is 9.96. The second-order valence-corrected chi connectivity index (χ2v) is 5.63. The molecule has 0 spiro atoms. The van der Waals surface area contributed by atoms with Crippen LogP contribution in [0.3, 0.4) is 0 Å². The topological polar surface area (TPSA) is 15.3 Å². The van der Waals surface area contributed by atoms with Gasteiger partial charge >= 0.3 is 0 Å². The molecule has 0 amide bonds. The Morgan fingerprint density at radius 3 is 2.00 bits per heavy atom. The van der Waals surface area contributed by atoms with Gasteiger partial charge in [-0.3, -0.25) is 0 Å². The van der Waals surface area contributed by atoms with E-state index in [9.17, 15) is 0 Å². The molecule has 0 saturated heterocycles. The highest BCUT2D eigenvalue weighted by Gasteiger charge is 2.10. The number of hydrogen-bond acceptors (Lipinski definition) is 2. The number of hydrogen-bond donors (Lipinski definition) is 1. The van der Waals surface area contributed by atoms with Gasteiger partial charge in [0, 0.05) is 31.5 Å². The van der Waals surface area contributed by atoms with Gasteiger partial charge in [-0.15, -0.1) is 0 Å². The summed E-state index contributed by atoms with van der Waals surface area (Å²) in [7, 11) is 4.16. The molecule has 1 saturated carbocycles. The molecule has 1 aromatic rings. The molecule has 2 rings (SSSR count). The van der Waals surface area contributed by atoms with Crippen LogP contribution >= 0.6 is 0 Å². The van der Waals surface area contributed by atoms with Crippen molar-refractivity contribution in [3.8, 4) is 0 Å². The van der Waals surface area contributed by atoms with E-state index in [0.29, 0.717) is 6.04 Å². The van der Waals surface area contributed by atoms with Crippen molar-refractivity contribution >= 4 is 11.4 Å². The minimum atomic E-state index is 0.676. The third-order valence-electron chi connectivity index (χ3n) is 3.86. The van der Waals surface area contributed by atoms with Gasteiger partial charge in [0.15, 0.2) is 0 Å². The van der Waals surface area contributed by atoms with Crippen LogP contribution in [-0.4, -0.2) is 20.1 Å². The van der Waals surface area contributed by atoms with Gasteiger partial charge in [0.25, 0.3) is 0 Å². The van der Waals surface area contributed by atoms with Crippen LogP contribution in [0.5, 0.6) is 0 Å². The van der Waals surface area contributed by atoms with Gasteiger partial charge < -0.3 is 10.2 Å². The largest absolute Gasteiger partial charge is 0.382 e. The van der Waals surface area contributed by atoms with E-state index in [1.807, 2.05) is 0 Å². The molecule has 100 valence electrons. The summed E-state index contributed by atoms with van der Waals surface area (Å²) in [5, 5.41) is 3.70. The minimum Gasteiger partial charge on any atom is -0.382 e. The normalized spacial score (nSPS) is 17.9. The van der Waals surface area contributed by atoms with E-state index < -0.39 is 0 Å². The van der Waals surface area contributed by atoms with Crippen LogP contribution in [0, 0.1) is 0 Å². The van der Waals surface area contributed by atoms with E-state index in [0.717, 1.165) is 0 Å². The van der Waals surface area contributed by atoms with Gasteiger partial charge in [0.1, 0.15) is 0 Å². The summed E-state index contributed by atoms with van der Waals surface area (Å²) in [6, 6.07) is 9.45. The van der Waals surface area contributed by atoms with Crippen LogP contribution < -0.4 is 10.2 Å². The van der Waals surface area contributed by atoms with E-state index in [1.165, 1.54) is 56.3 Å². The lowest BCUT2D eigenvalue weighted by Gasteiger charge is -2.22. The number of anilines is 2. The zero-order chi connectivity index (χ0) is 12.8. The van der Waals surface area contributed by atoms with Crippen molar-refractivity contribution in [2.45, 2.75) is 51.0 Å². The average molecular weight is 246 g/mol. The maximum Gasteiger partial charge on any atom is 0.0362 e. The van der Waals surface area contributed by atoms with Gasteiger partial charge in [-0.1, -0.05) is 32.1 Å². The van der Waals surface area contributed by atoms with E-state index in [4.69, 9.17) is 0 Å². The molecule has 2 nitrogen and oxygen atoms in total. The Bertz CT molecular complexity index is 335. The van der Waals surface area contributed by atoms with Gasteiger partial charge in [0.2, 0.25) is 0 Å². The third-order valence-corrected chi connectivity index (χ3v) is 3.86. The van der Waals surface area contributed by atoms with E-state index >= 15 is 0 Å². The fourth-order valence-corrected chi connectivity index (χ4v) is 2.69.